The maximum absolute atomic E-state index is 12.3. The van der Waals surface area contributed by atoms with E-state index in [9.17, 15) is 14.7 Å². The number of rotatable bonds is 9. The number of fused-ring (bicyclic) bond motifs is 1. The molecule has 10 nitrogen and oxygen atoms in total. The van der Waals surface area contributed by atoms with Gasteiger partial charge in [-0.15, -0.1) is 10.2 Å². The zero-order chi connectivity index (χ0) is 24.1. The summed E-state index contributed by atoms with van der Waals surface area (Å²) in [6.45, 7) is 0.112. The smallest absolute Gasteiger partial charge is 0.335 e. The Kier molecular flexibility index (Phi) is 7.09. The first kappa shape index (κ1) is 23.3. The average molecular weight is 502 g/mol. The maximum Gasteiger partial charge on any atom is 0.335 e. The van der Waals surface area contributed by atoms with E-state index < -0.39 is 11.9 Å². The molecule has 0 aliphatic carbocycles. The van der Waals surface area contributed by atoms with Crippen LogP contribution in [-0.4, -0.2) is 44.2 Å². The van der Waals surface area contributed by atoms with E-state index in [1.165, 1.54) is 18.2 Å². The van der Waals surface area contributed by atoms with E-state index in [1.54, 1.807) is 30.3 Å². The first-order valence-electron chi connectivity index (χ1n) is 9.88. The fourth-order valence-corrected chi connectivity index (χ4v) is 3.72. The number of carboxylic acid groups (broad SMARTS) is 1. The number of nitrogens with zero attached hydrogens (tertiary/aromatic N) is 3. The van der Waals surface area contributed by atoms with Crippen LogP contribution in [0.15, 0.2) is 48.5 Å². The van der Waals surface area contributed by atoms with Gasteiger partial charge in [-0.1, -0.05) is 40.5 Å². The van der Waals surface area contributed by atoms with E-state index in [-0.39, 0.29) is 36.1 Å². The van der Waals surface area contributed by atoms with Crippen LogP contribution >= 0.6 is 23.2 Å². The molecule has 0 unspecified atom stereocenters. The van der Waals surface area contributed by atoms with Gasteiger partial charge in [-0.2, -0.15) is 5.21 Å². The Morgan fingerprint density at radius 2 is 1.85 bits per heavy atom. The predicted octanol–water partition coefficient (Wildman–Crippen LogP) is 3.63. The monoisotopic (exact) mass is 501 g/mol. The molecule has 3 aromatic carbocycles. The summed E-state index contributed by atoms with van der Waals surface area (Å²) in [5.74, 6) is -0.309. The molecule has 0 atom stereocenters. The number of hydrogen-bond donors (Lipinski definition) is 3. The molecular formula is C22H17Cl2N5O5. The van der Waals surface area contributed by atoms with Gasteiger partial charge in [-0.3, -0.25) is 4.79 Å². The van der Waals surface area contributed by atoms with Crippen molar-refractivity contribution in [2.45, 2.75) is 13.2 Å². The van der Waals surface area contributed by atoms with Gasteiger partial charge in [0.15, 0.2) is 13.2 Å². The number of halogens is 2. The number of aromatic amines is 1. The van der Waals surface area contributed by atoms with Crippen molar-refractivity contribution in [1.82, 2.24) is 25.9 Å². The van der Waals surface area contributed by atoms with Crippen LogP contribution in [0.5, 0.6) is 11.5 Å². The highest BCUT2D eigenvalue weighted by atomic mass is 35.5. The summed E-state index contributed by atoms with van der Waals surface area (Å²) < 4.78 is 11.2. The molecule has 174 valence electrons. The first-order valence-corrected chi connectivity index (χ1v) is 10.6. The molecule has 4 aromatic rings. The molecule has 0 saturated heterocycles. The van der Waals surface area contributed by atoms with E-state index >= 15 is 0 Å². The van der Waals surface area contributed by atoms with Crippen LogP contribution in [0.25, 0.3) is 10.8 Å². The molecule has 0 saturated carbocycles. The SMILES string of the molecule is O=C(COc1cc(C(=O)O)cc2cc(Cl)cc(Cl)c12)NCc1ccc(OCc2nn[nH]n2)cc1. The number of carbonyl (C=O) groups excluding carboxylic acids is 1. The van der Waals surface area contributed by atoms with E-state index in [0.29, 0.717) is 27.4 Å². The molecule has 0 fully saturated rings. The minimum absolute atomic E-state index is 0.0112. The second-order valence-corrected chi connectivity index (χ2v) is 7.93. The zero-order valence-electron chi connectivity index (χ0n) is 17.4. The molecule has 34 heavy (non-hydrogen) atoms. The highest BCUT2D eigenvalue weighted by Gasteiger charge is 2.15. The third kappa shape index (κ3) is 5.72. The lowest BCUT2D eigenvalue weighted by Crippen LogP contribution is -2.28. The van der Waals surface area contributed by atoms with Crippen molar-refractivity contribution in [3.8, 4) is 11.5 Å². The highest BCUT2D eigenvalue weighted by molar-refractivity contribution is 6.39. The van der Waals surface area contributed by atoms with Crippen molar-refractivity contribution in [2.75, 3.05) is 6.61 Å². The summed E-state index contributed by atoms with van der Waals surface area (Å²) in [5.41, 5.74) is 0.833. The van der Waals surface area contributed by atoms with Crippen molar-refractivity contribution in [3.05, 3.63) is 75.5 Å². The van der Waals surface area contributed by atoms with Gasteiger partial charge in [0.25, 0.3) is 5.91 Å². The summed E-state index contributed by atoms with van der Waals surface area (Å²) in [6, 6.07) is 13.0. The third-order valence-corrected chi connectivity index (χ3v) is 5.22. The molecule has 1 amide bonds. The lowest BCUT2D eigenvalue weighted by atomic mass is 10.1. The molecule has 12 heteroatoms. The Morgan fingerprint density at radius 3 is 2.56 bits per heavy atom. The lowest BCUT2D eigenvalue weighted by Gasteiger charge is -2.13. The topological polar surface area (TPSA) is 139 Å². The van der Waals surface area contributed by atoms with Crippen molar-refractivity contribution in [1.29, 1.82) is 0 Å². The van der Waals surface area contributed by atoms with Crippen LogP contribution in [-0.2, 0) is 17.9 Å². The fraction of sp³-hybridized carbons (Fsp3) is 0.136. The molecule has 0 bridgehead atoms. The lowest BCUT2D eigenvalue weighted by molar-refractivity contribution is -0.123. The number of carboxylic acids is 1. The summed E-state index contributed by atoms with van der Waals surface area (Å²) in [7, 11) is 0. The van der Waals surface area contributed by atoms with Crippen LogP contribution in [0.4, 0.5) is 0 Å². The number of tetrazole rings is 1. The molecule has 0 spiro atoms. The van der Waals surface area contributed by atoms with Crippen molar-refractivity contribution >= 4 is 45.9 Å². The minimum Gasteiger partial charge on any atom is -0.485 e. The van der Waals surface area contributed by atoms with E-state index in [2.05, 4.69) is 25.9 Å². The molecule has 4 rings (SSSR count). The van der Waals surface area contributed by atoms with Gasteiger partial charge in [0, 0.05) is 17.0 Å². The number of aromatic nitrogens is 4. The van der Waals surface area contributed by atoms with Crippen molar-refractivity contribution in [2.24, 2.45) is 0 Å². The third-order valence-electron chi connectivity index (χ3n) is 4.71. The van der Waals surface area contributed by atoms with E-state index in [0.717, 1.165) is 5.56 Å². The predicted molar refractivity (Wildman–Crippen MR) is 123 cm³/mol. The van der Waals surface area contributed by atoms with Gasteiger partial charge in [-0.05, 0) is 47.3 Å². The molecule has 0 aliphatic heterocycles. The second kappa shape index (κ2) is 10.4. The van der Waals surface area contributed by atoms with Crippen molar-refractivity contribution < 1.29 is 24.2 Å². The summed E-state index contributed by atoms with van der Waals surface area (Å²) in [5, 5.41) is 27.1. The van der Waals surface area contributed by atoms with Gasteiger partial charge in [0.05, 0.1) is 10.6 Å². The van der Waals surface area contributed by atoms with Gasteiger partial charge >= 0.3 is 5.97 Å². The Hall–Kier alpha value is -3.89. The fourth-order valence-electron chi connectivity index (χ4n) is 3.12. The number of carbonyl (C=O) groups is 2. The second-order valence-electron chi connectivity index (χ2n) is 7.09. The zero-order valence-corrected chi connectivity index (χ0v) is 18.9. The number of benzene rings is 3. The Morgan fingerprint density at radius 1 is 1.06 bits per heavy atom. The Labute approximate surface area is 202 Å². The standard InChI is InChI=1S/C22H17Cl2N5O5/c23-15-6-13-5-14(22(31)32)7-18(21(13)17(24)8-15)34-11-20(30)25-9-12-1-3-16(4-2-12)33-10-19-26-28-29-27-19/h1-8H,9-11H2,(H,25,30)(H,31,32)(H,26,27,28,29). The summed E-state index contributed by atoms with van der Waals surface area (Å²) in [6.07, 6.45) is 0. The summed E-state index contributed by atoms with van der Waals surface area (Å²) >= 11 is 12.3. The number of H-pyrrole nitrogens is 1. The Bertz CT molecular complexity index is 1330. The quantitative estimate of drug-likeness (QED) is 0.315. The highest BCUT2D eigenvalue weighted by Crippen LogP contribution is 2.36. The van der Waals surface area contributed by atoms with Crippen LogP contribution in [0.2, 0.25) is 10.0 Å². The van der Waals surface area contributed by atoms with Gasteiger partial charge in [0.1, 0.15) is 11.5 Å². The van der Waals surface area contributed by atoms with Gasteiger partial charge in [-0.25, -0.2) is 4.79 Å². The molecule has 0 radical (unpaired) electrons. The number of hydrogen-bond acceptors (Lipinski definition) is 7. The van der Waals surface area contributed by atoms with Crippen molar-refractivity contribution in [3.63, 3.8) is 0 Å². The Balaban J connectivity index is 1.35. The largest absolute Gasteiger partial charge is 0.485 e. The molecule has 3 N–H and O–H groups in total. The van der Waals surface area contributed by atoms with E-state index in [4.69, 9.17) is 32.7 Å². The molecular weight excluding hydrogens is 485 g/mol. The molecule has 0 aliphatic rings. The number of aromatic carboxylic acids is 1. The maximum atomic E-state index is 12.3. The average Bonchev–Trinajstić information content (AvgIpc) is 3.33. The normalized spacial score (nSPS) is 10.8. The first-order chi connectivity index (χ1) is 16.4. The van der Waals surface area contributed by atoms with Crippen LogP contribution in [0, 0.1) is 0 Å². The van der Waals surface area contributed by atoms with E-state index in [1.807, 2.05) is 0 Å². The summed E-state index contributed by atoms with van der Waals surface area (Å²) in [4.78, 5) is 23.8. The van der Waals surface area contributed by atoms with Gasteiger partial charge in [0.2, 0.25) is 5.82 Å². The van der Waals surface area contributed by atoms with Crippen LogP contribution < -0.4 is 14.8 Å². The number of nitrogens with one attached hydrogen (secondary N) is 2. The minimum atomic E-state index is -1.14. The van der Waals surface area contributed by atoms with Gasteiger partial charge < -0.3 is 19.9 Å². The van der Waals surface area contributed by atoms with Crippen LogP contribution in [0.3, 0.4) is 0 Å². The van der Waals surface area contributed by atoms with Crippen LogP contribution in [0.1, 0.15) is 21.7 Å². The number of amides is 1. The molecule has 1 heterocycles. The number of ether oxygens (including phenoxy) is 2. The molecule has 1 aromatic heterocycles.